The zero-order valence-corrected chi connectivity index (χ0v) is 8.50. The van der Waals surface area contributed by atoms with Crippen molar-refractivity contribution in [3.05, 3.63) is 11.9 Å². The minimum Gasteiger partial charge on any atom is -0.246 e. The van der Waals surface area contributed by atoms with Crippen molar-refractivity contribution >= 4 is 0 Å². The summed E-state index contributed by atoms with van der Waals surface area (Å²) in [5.41, 5.74) is 0.140. The maximum absolute atomic E-state index is 13.3. The first-order chi connectivity index (χ1) is 6.53. The molecule has 0 atom stereocenters. The van der Waals surface area contributed by atoms with Crippen LogP contribution in [0, 0.1) is 0 Å². The van der Waals surface area contributed by atoms with E-state index in [9.17, 15) is 4.39 Å². The molecule has 4 heteroatoms. The van der Waals surface area contributed by atoms with Crippen LogP contribution in [0.4, 0.5) is 4.39 Å². The van der Waals surface area contributed by atoms with Crippen molar-refractivity contribution in [2.45, 2.75) is 50.2 Å². The van der Waals surface area contributed by atoms with Gasteiger partial charge in [0.2, 0.25) is 0 Å². The summed E-state index contributed by atoms with van der Waals surface area (Å²) in [6.45, 7) is 4.18. The van der Waals surface area contributed by atoms with E-state index in [2.05, 4.69) is 24.2 Å². The van der Waals surface area contributed by atoms with Crippen molar-refractivity contribution in [1.82, 2.24) is 15.0 Å². The molecule has 3 aliphatic carbocycles. The molecule has 0 aromatic carbocycles. The van der Waals surface area contributed by atoms with Gasteiger partial charge < -0.3 is 0 Å². The lowest BCUT2D eigenvalue weighted by atomic mass is 9.47. The number of alkyl halides is 1. The van der Waals surface area contributed by atoms with E-state index in [4.69, 9.17) is 0 Å². The van der Waals surface area contributed by atoms with Crippen LogP contribution >= 0.6 is 0 Å². The number of aromatic nitrogens is 3. The number of hydrogen-bond acceptors (Lipinski definition) is 2. The fourth-order valence-corrected chi connectivity index (χ4v) is 2.63. The summed E-state index contributed by atoms with van der Waals surface area (Å²) < 4.78 is 15.2. The largest absolute Gasteiger partial charge is 0.246 e. The van der Waals surface area contributed by atoms with Crippen LogP contribution < -0.4 is 0 Å². The van der Waals surface area contributed by atoms with Gasteiger partial charge in [-0.1, -0.05) is 19.1 Å². The Bertz CT molecular complexity index is 363. The number of rotatable bonds is 2. The number of halogens is 1. The molecule has 1 aromatic rings. The van der Waals surface area contributed by atoms with Gasteiger partial charge in [0, 0.05) is 25.5 Å². The summed E-state index contributed by atoms with van der Waals surface area (Å²) in [7, 11) is 0. The van der Waals surface area contributed by atoms with E-state index in [-0.39, 0.29) is 5.54 Å². The number of nitrogens with zero attached hydrogens (tertiary/aromatic N) is 3. The van der Waals surface area contributed by atoms with Gasteiger partial charge >= 0.3 is 0 Å². The lowest BCUT2D eigenvalue weighted by Gasteiger charge is -2.64. The van der Waals surface area contributed by atoms with Crippen molar-refractivity contribution in [3.63, 3.8) is 0 Å². The van der Waals surface area contributed by atoms with E-state index in [0.29, 0.717) is 25.2 Å². The highest BCUT2D eigenvalue weighted by Gasteiger charge is 2.71. The van der Waals surface area contributed by atoms with Gasteiger partial charge in [-0.25, -0.2) is 9.07 Å². The second-order valence-corrected chi connectivity index (χ2v) is 5.15. The Hall–Kier alpha value is -0.930. The van der Waals surface area contributed by atoms with Crippen LogP contribution in [-0.2, 0) is 5.54 Å². The maximum Gasteiger partial charge on any atom is 0.118 e. The Morgan fingerprint density at radius 1 is 1.43 bits per heavy atom. The molecule has 76 valence electrons. The normalized spacial score (nSPS) is 39.4. The topological polar surface area (TPSA) is 30.7 Å². The molecular formula is C10H14FN3. The van der Waals surface area contributed by atoms with Crippen molar-refractivity contribution in [1.29, 1.82) is 0 Å². The van der Waals surface area contributed by atoms with E-state index in [1.165, 1.54) is 0 Å². The standard InChI is InChI=1S/C10H14FN3/c1-7(2)8-3-14(13-12-8)10-4-9(11,5-10)6-10/h3,7H,4-6H2,1-2H3. The fourth-order valence-electron chi connectivity index (χ4n) is 2.63. The van der Waals surface area contributed by atoms with Crippen molar-refractivity contribution < 1.29 is 4.39 Å². The van der Waals surface area contributed by atoms with Gasteiger partial charge in [-0.05, 0) is 5.92 Å². The Balaban J connectivity index is 1.85. The second kappa shape index (κ2) is 2.18. The second-order valence-electron chi connectivity index (χ2n) is 5.15. The van der Waals surface area contributed by atoms with Crippen LogP contribution in [0.3, 0.4) is 0 Å². The maximum atomic E-state index is 13.3. The first-order valence-corrected chi connectivity index (χ1v) is 5.15. The van der Waals surface area contributed by atoms with Gasteiger partial charge in [-0.2, -0.15) is 0 Å². The molecule has 1 aromatic heterocycles. The molecule has 0 amide bonds. The minimum absolute atomic E-state index is 0.00507. The summed E-state index contributed by atoms with van der Waals surface area (Å²) in [6, 6.07) is 0. The summed E-state index contributed by atoms with van der Waals surface area (Å²) in [5, 5.41) is 8.20. The van der Waals surface area contributed by atoms with Gasteiger partial charge in [-0.3, -0.25) is 0 Å². The molecular weight excluding hydrogens is 181 g/mol. The predicted octanol–water partition coefficient (Wildman–Crippen LogP) is 2.00. The minimum atomic E-state index is -0.857. The van der Waals surface area contributed by atoms with Crippen LogP contribution in [0.5, 0.6) is 0 Å². The zero-order valence-electron chi connectivity index (χ0n) is 8.50. The summed E-state index contributed by atoms with van der Waals surface area (Å²) in [4.78, 5) is 0. The average molecular weight is 195 g/mol. The third-order valence-electron chi connectivity index (χ3n) is 3.53. The van der Waals surface area contributed by atoms with Crippen LogP contribution in [0.1, 0.15) is 44.7 Å². The van der Waals surface area contributed by atoms with E-state index in [1.54, 1.807) is 0 Å². The first-order valence-electron chi connectivity index (χ1n) is 5.15. The Kier molecular flexibility index (Phi) is 1.30. The third kappa shape index (κ3) is 0.863. The lowest BCUT2D eigenvalue weighted by Crippen LogP contribution is -2.70. The Morgan fingerprint density at radius 3 is 2.50 bits per heavy atom. The van der Waals surface area contributed by atoms with Crippen molar-refractivity contribution in [2.75, 3.05) is 0 Å². The smallest absolute Gasteiger partial charge is 0.118 e. The molecule has 0 unspecified atom stereocenters. The van der Waals surface area contributed by atoms with E-state index in [1.807, 2.05) is 10.9 Å². The molecule has 0 saturated heterocycles. The summed E-state index contributed by atoms with van der Waals surface area (Å²) in [5.74, 6) is 0.399. The monoisotopic (exact) mass is 195 g/mol. The molecule has 3 saturated carbocycles. The van der Waals surface area contributed by atoms with Gasteiger partial charge in [0.05, 0.1) is 11.2 Å². The molecule has 0 radical (unpaired) electrons. The molecule has 14 heavy (non-hydrogen) atoms. The van der Waals surface area contributed by atoms with Crippen LogP contribution in [-0.4, -0.2) is 20.7 Å². The molecule has 2 bridgehead atoms. The van der Waals surface area contributed by atoms with Crippen molar-refractivity contribution in [2.24, 2.45) is 0 Å². The van der Waals surface area contributed by atoms with Crippen molar-refractivity contribution in [3.8, 4) is 0 Å². The highest BCUT2D eigenvalue weighted by molar-refractivity contribution is 5.23. The molecule has 0 spiro atoms. The van der Waals surface area contributed by atoms with Crippen LogP contribution in [0.2, 0.25) is 0 Å². The van der Waals surface area contributed by atoms with Crippen LogP contribution in [0.15, 0.2) is 6.20 Å². The van der Waals surface area contributed by atoms with Crippen LogP contribution in [0.25, 0.3) is 0 Å². The van der Waals surface area contributed by atoms with E-state index in [0.717, 1.165) is 5.69 Å². The first kappa shape index (κ1) is 8.38. The number of hydrogen-bond donors (Lipinski definition) is 0. The Labute approximate surface area is 82.3 Å². The average Bonchev–Trinajstić information content (AvgIpc) is 2.44. The van der Waals surface area contributed by atoms with Gasteiger partial charge in [0.25, 0.3) is 0 Å². The molecule has 1 heterocycles. The summed E-state index contributed by atoms with van der Waals surface area (Å²) in [6.07, 6.45) is 3.89. The highest BCUT2D eigenvalue weighted by Crippen LogP contribution is 2.67. The quantitative estimate of drug-likeness (QED) is 0.722. The highest BCUT2D eigenvalue weighted by atomic mass is 19.1. The molecule has 3 aliphatic rings. The van der Waals surface area contributed by atoms with Gasteiger partial charge in [0.15, 0.2) is 0 Å². The van der Waals surface area contributed by atoms with Gasteiger partial charge in [-0.15, -0.1) is 5.10 Å². The third-order valence-corrected chi connectivity index (χ3v) is 3.53. The molecule has 4 rings (SSSR count). The summed E-state index contributed by atoms with van der Waals surface area (Å²) >= 11 is 0. The molecule has 3 fully saturated rings. The zero-order chi connectivity index (χ0) is 9.97. The van der Waals surface area contributed by atoms with Gasteiger partial charge in [0.1, 0.15) is 5.67 Å². The fraction of sp³-hybridized carbons (Fsp3) is 0.800. The van der Waals surface area contributed by atoms with E-state index < -0.39 is 5.67 Å². The van der Waals surface area contributed by atoms with E-state index >= 15 is 0 Å². The SMILES string of the molecule is CC(C)c1cn(C23CC(F)(C2)C3)nn1. The molecule has 0 aliphatic heterocycles. The predicted molar refractivity (Wildman–Crippen MR) is 49.8 cm³/mol. The lowest BCUT2D eigenvalue weighted by molar-refractivity contribution is -0.204. The molecule has 0 N–H and O–H groups in total. The Morgan fingerprint density at radius 2 is 2.07 bits per heavy atom. The molecule has 3 nitrogen and oxygen atoms in total.